The molecule has 0 aliphatic carbocycles. The topological polar surface area (TPSA) is 49.3 Å². The summed E-state index contributed by atoms with van der Waals surface area (Å²) in [4.78, 5) is 10.1. The first-order valence-corrected chi connectivity index (χ1v) is 3.20. The summed E-state index contributed by atoms with van der Waals surface area (Å²) >= 11 is 0. The minimum Gasteiger partial charge on any atom is -0.480 e. The van der Waals surface area contributed by atoms with E-state index in [0.29, 0.717) is 13.0 Å². The Balaban J connectivity index is 3.21. The molecule has 2 N–H and O–H groups in total. The Labute approximate surface area is 59.2 Å². The normalized spacial score (nSPS) is 13.0. The van der Waals surface area contributed by atoms with Crippen LogP contribution in [0.15, 0.2) is 0 Å². The quantitative estimate of drug-likeness (QED) is 0.556. The summed E-state index contributed by atoms with van der Waals surface area (Å²) in [7, 11) is 0. The number of carboxylic acid groups (broad SMARTS) is 1. The second-order valence-electron chi connectivity index (χ2n) is 2.06. The fraction of sp³-hybridized carbons (Fsp3) is 0.833. The Bertz CT molecular complexity index is 108. The maximum Gasteiger partial charge on any atom is 0.320 e. The molecule has 60 valence electrons. The van der Waals surface area contributed by atoms with E-state index in [0.717, 1.165) is 0 Å². The van der Waals surface area contributed by atoms with Crippen molar-refractivity contribution in [3.05, 3.63) is 0 Å². The van der Waals surface area contributed by atoms with Crippen LogP contribution in [0.25, 0.3) is 0 Å². The second-order valence-corrected chi connectivity index (χ2v) is 2.06. The lowest BCUT2D eigenvalue weighted by atomic mass is 10.3. The van der Waals surface area contributed by atoms with Gasteiger partial charge in [-0.15, -0.1) is 0 Å². The van der Waals surface area contributed by atoms with E-state index in [1.165, 1.54) is 6.92 Å². The van der Waals surface area contributed by atoms with Gasteiger partial charge in [0.25, 0.3) is 0 Å². The predicted molar refractivity (Wildman–Crippen MR) is 35.7 cm³/mol. The molecule has 0 fully saturated rings. The maximum atomic E-state index is 11.5. The molecule has 0 aromatic rings. The predicted octanol–water partition coefficient (Wildman–Crippen LogP) is 0.409. The Morgan fingerprint density at radius 3 is 2.80 bits per heavy atom. The van der Waals surface area contributed by atoms with Gasteiger partial charge in [0, 0.05) is 0 Å². The van der Waals surface area contributed by atoms with E-state index < -0.39 is 18.7 Å². The summed E-state index contributed by atoms with van der Waals surface area (Å²) in [5.74, 6) is -0.904. The number of rotatable bonds is 5. The minimum absolute atomic E-state index is 0.373. The fourth-order valence-electron chi connectivity index (χ4n) is 0.473. The first-order valence-electron chi connectivity index (χ1n) is 3.20. The van der Waals surface area contributed by atoms with Crippen LogP contribution in [0.1, 0.15) is 13.3 Å². The standard InChI is InChI=1S/C6H12FNO2/c1-5(6(9)10)8-4-2-3-7/h5,8H,2-4H2,1H3,(H,9,10)/t5-/m1/s1. The third-order valence-corrected chi connectivity index (χ3v) is 1.13. The largest absolute Gasteiger partial charge is 0.480 e. The Hall–Kier alpha value is -0.640. The van der Waals surface area contributed by atoms with Crippen molar-refractivity contribution in [3.63, 3.8) is 0 Å². The van der Waals surface area contributed by atoms with Gasteiger partial charge in [-0.25, -0.2) is 0 Å². The average molecular weight is 149 g/mol. The molecule has 0 bridgehead atoms. The van der Waals surface area contributed by atoms with Crippen molar-refractivity contribution in [2.75, 3.05) is 13.2 Å². The molecule has 0 unspecified atom stereocenters. The molecule has 3 nitrogen and oxygen atoms in total. The highest BCUT2D eigenvalue weighted by Crippen LogP contribution is 1.82. The van der Waals surface area contributed by atoms with Gasteiger partial charge >= 0.3 is 5.97 Å². The average Bonchev–Trinajstić information content (AvgIpc) is 1.88. The van der Waals surface area contributed by atoms with Gasteiger partial charge in [0.15, 0.2) is 0 Å². The molecule has 0 aromatic carbocycles. The van der Waals surface area contributed by atoms with Gasteiger partial charge in [-0.3, -0.25) is 9.18 Å². The van der Waals surface area contributed by atoms with Crippen LogP contribution in [0.5, 0.6) is 0 Å². The highest BCUT2D eigenvalue weighted by atomic mass is 19.1. The van der Waals surface area contributed by atoms with Gasteiger partial charge < -0.3 is 10.4 Å². The highest BCUT2D eigenvalue weighted by molar-refractivity contribution is 5.72. The second kappa shape index (κ2) is 5.17. The van der Waals surface area contributed by atoms with Gasteiger partial charge in [0.1, 0.15) is 6.04 Å². The molecule has 0 heterocycles. The van der Waals surface area contributed by atoms with Crippen LogP contribution in [0.2, 0.25) is 0 Å². The summed E-state index contributed by atoms with van der Waals surface area (Å²) in [6.07, 6.45) is 0.373. The van der Waals surface area contributed by atoms with E-state index in [-0.39, 0.29) is 0 Å². The van der Waals surface area contributed by atoms with E-state index in [2.05, 4.69) is 5.32 Å². The van der Waals surface area contributed by atoms with Crippen LogP contribution in [0, 0.1) is 0 Å². The Morgan fingerprint density at radius 1 is 1.80 bits per heavy atom. The van der Waals surface area contributed by atoms with E-state index in [4.69, 9.17) is 5.11 Å². The van der Waals surface area contributed by atoms with Crippen molar-refractivity contribution in [1.82, 2.24) is 5.32 Å². The zero-order chi connectivity index (χ0) is 7.98. The molecule has 0 aliphatic rings. The van der Waals surface area contributed by atoms with Crippen LogP contribution in [-0.4, -0.2) is 30.3 Å². The van der Waals surface area contributed by atoms with E-state index in [1.54, 1.807) is 0 Å². The van der Waals surface area contributed by atoms with Crippen molar-refractivity contribution < 1.29 is 14.3 Å². The molecular formula is C6H12FNO2. The van der Waals surface area contributed by atoms with Gasteiger partial charge in [0.05, 0.1) is 6.67 Å². The lowest BCUT2D eigenvalue weighted by Crippen LogP contribution is -2.34. The van der Waals surface area contributed by atoms with Crippen molar-refractivity contribution >= 4 is 5.97 Å². The van der Waals surface area contributed by atoms with Gasteiger partial charge in [-0.05, 0) is 19.9 Å². The third-order valence-electron chi connectivity index (χ3n) is 1.13. The Kier molecular flexibility index (Phi) is 4.84. The minimum atomic E-state index is -0.904. The molecule has 0 aliphatic heterocycles. The number of carbonyl (C=O) groups is 1. The third kappa shape index (κ3) is 4.26. The molecule has 0 aromatic heterocycles. The highest BCUT2D eigenvalue weighted by Gasteiger charge is 2.07. The van der Waals surface area contributed by atoms with Crippen molar-refractivity contribution in [2.24, 2.45) is 0 Å². The smallest absolute Gasteiger partial charge is 0.320 e. The van der Waals surface area contributed by atoms with E-state index in [1.807, 2.05) is 0 Å². The first kappa shape index (κ1) is 9.36. The van der Waals surface area contributed by atoms with Crippen LogP contribution in [0.4, 0.5) is 4.39 Å². The van der Waals surface area contributed by atoms with Gasteiger partial charge in [-0.2, -0.15) is 0 Å². The SMILES string of the molecule is C[C@@H](NCCCF)C(=O)O. The van der Waals surface area contributed by atoms with E-state index >= 15 is 0 Å². The van der Waals surface area contributed by atoms with Crippen molar-refractivity contribution in [1.29, 1.82) is 0 Å². The number of hydrogen-bond donors (Lipinski definition) is 2. The first-order chi connectivity index (χ1) is 4.68. The van der Waals surface area contributed by atoms with Crippen LogP contribution in [0.3, 0.4) is 0 Å². The molecule has 0 saturated heterocycles. The summed E-state index contributed by atoms with van der Waals surface area (Å²) < 4.78 is 11.5. The maximum absolute atomic E-state index is 11.5. The molecule has 0 rings (SSSR count). The number of carboxylic acids is 1. The number of halogens is 1. The zero-order valence-corrected chi connectivity index (χ0v) is 5.93. The molecule has 0 amide bonds. The number of aliphatic carboxylic acids is 1. The lowest BCUT2D eigenvalue weighted by Gasteiger charge is -2.06. The van der Waals surface area contributed by atoms with Gasteiger partial charge in [0.2, 0.25) is 0 Å². The molecule has 0 radical (unpaired) electrons. The zero-order valence-electron chi connectivity index (χ0n) is 5.93. The Morgan fingerprint density at radius 2 is 2.40 bits per heavy atom. The summed E-state index contributed by atoms with van der Waals surface area (Å²) in [6, 6.07) is -0.577. The van der Waals surface area contributed by atoms with Crippen molar-refractivity contribution in [2.45, 2.75) is 19.4 Å². The molecule has 0 spiro atoms. The molecule has 1 atom stereocenters. The monoisotopic (exact) mass is 149 g/mol. The lowest BCUT2D eigenvalue weighted by molar-refractivity contribution is -0.138. The molecule has 10 heavy (non-hydrogen) atoms. The van der Waals surface area contributed by atoms with Gasteiger partial charge in [-0.1, -0.05) is 0 Å². The number of alkyl halides is 1. The molecule has 4 heteroatoms. The summed E-state index contributed by atoms with van der Waals surface area (Å²) in [6.45, 7) is 1.55. The molecule has 0 saturated carbocycles. The number of hydrogen-bond acceptors (Lipinski definition) is 2. The van der Waals surface area contributed by atoms with Crippen molar-refractivity contribution in [3.8, 4) is 0 Å². The molecular weight excluding hydrogens is 137 g/mol. The van der Waals surface area contributed by atoms with Crippen LogP contribution >= 0.6 is 0 Å². The van der Waals surface area contributed by atoms with Crippen LogP contribution < -0.4 is 5.32 Å². The fourth-order valence-corrected chi connectivity index (χ4v) is 0.473. The number of nitrogens with one attached hydrogen (secondary N) is 1. The van der Waals surface area contributed by atoms with Crippen LogP contribution in [-0.2, 0) is 4.79 Å². The van der Waals surface area contributed by atoms with E-state index in [9.17, 15) is 9.18 Å². The summed E-state index contributed by atoms with van der Waals surface area (Å²) in [5, 5.41) is 11.0. The summed E-state index contributed by atoms with van der Waals surface area (Å²) in [5.41, 5.74) is 0.